The highest BCUT2D eigenvalue weighted by Crippen LogP contribution is 2.29. The van der Waals surface area contributed by atoms with Gasteiger partial charge in [-0.1, -0.05) is 60.3 Å². The smallest absolute Gasteiger partial charge is 0.175 e. The van der Waals surface area contributed by atoms with E-state index in [0.29, 0.717) is 0 Å². The zero-order chi connectivity index (χ0) is 15.5. The molecular formula is C18H16N2OS. The SMILES string of the molecule is Cc1nc(S[C@H](C)C(=O)c2ccccc2)c2ccccc2n1. The molecule has 1 heterocycles. The van der Waals surface area contributed by atoms with Crippen molar-refractivity contribution in [2.45, 2.75) is 24.1 Å². The Labute approximate surface area is 133 Å². The van der Waals surface area contributed by atoms with E-state index in [-0.39, 0.29) is 11.0 Å². The number of rotatable bonds is 4. The molecule has 0 spiro atoms. The van der Waals surface area contributed by atoms with Crippen molar-refractivity contribution in [2.75, 3.05) is 0 Å². The van der Waals surface area contributed by atoms with Gasteiger partial charge in [0.1, 0.15) is 10.9 Å². The molecule has 0 bridgehead atoms. The minimum atomic E-state index is -0.194. The van der Waals surface area contributed by atoms with Gasteiger partial charge in [-0.05, 0) is 19.9 Å². The highest BCUT2D eigenvalue weighted by atomic mass is 32.2. The number of fused-ring (bicyclic) bond motifs is 1. The van der Waals surface area contributed by atoms with Gasteiger partial charge in [-0.3, -0.25) is 4.79 Å². The number of benzene rings is 2. The lowest BCUT2D eigenvalue weighted by Crippen LogP contribution is -2.13. The Kier molecular flexibility index (Phi) is 4.20. The average molecular weight is 308 g/mol. The zero-order valence-corrected chi connectivity index (χ0v) is 13.3. The van der Waals surface area contributed by atoms with Crippen LogP contribution in [-0.4, -0.2) is 21.0 Å². The van der Waals surface area contributed by atoms with Gasteiger partial charge in [0.25, 0.3) is 0 Å². The third-order valence-electron chi connectivity index (χ3n) is 3.40. The van der Waals surface area contributed by atoms with Gasteiger partial charge < -0.3 is 0 Å². The van der Waals surface area contributed by atoms with Gasteiger partial charge in [-0.2, -0.15) is 0 Å². The summed E-state index contributed by atoms with van der Waals surface area (Å²) in [6, 6.07) is 17.3. The van der Waals surface area contributed by atoms with Gasteiger partial charge in [0, 0.05) is 10.9 Å². The predicted molar refractivity (Wildman–Crippen MR) is 90.4 cm³/mol. The lowest BCUT2D eigenvalue weighted by atomic mass is 10.1. The highest BCUT2D eigenvalue weighted by molar-refractivity contribution is 8.00. The molecule has 4 heteroatoms. The van der Waals surface area contributed by atoms with Crippen LogP contribution in [-0.2, 0) is 0 Å². The Hall–Kier alpha value is -2.20. The minimum absolute atomic E-state index is 0.117. The number of para-hydroxylation sites is 1. The number of thioether (sulfide) groups is 1. The monoisotopic (exact) mass is 308 g/mol. The van der Waals surface area contributed by atoms with Crippen LogP contribution in [0.3, 0.4) is 0 Å². The van der Waals surface area contributed by atoms with Gasteiger partial charge in [0.2, 0.25) is 0 Å². The van der Waals surface area contributed by atoms with Crippen LogP contribution in [0.1, 0.15) is 23.1 Å². The molecular weight excluding hydrogens is 292 g/mol. The van der Waals surface area contributed by atoms with Crippen molar-refractivity contribution in [3.8, 4) is 0 Å². The van der Waals surface area contributed by atoms with Crippen LogP contribution in [0.2, 0.25) is 0 Å². The third kappa shape index (κ3) is 3.02. The van der Waals surface area contributed by atoms with Crippen LogP contribution in [0, 0.1) is 6.92 Å². The fourth-order valence-corrected chi connectivity index (χ4v) is 3.37. The van der Waals surface area contributed by atoms with E-state index in [1.54, 1.807) is 0 Å². The molecule has 0 aliphatic rings. The Bertz CT molecular complexity index is 818. The number of hydrogen-bond acceptors (Lipinski definition) is 4. The summed E-state index contributed by atoms with van der Waals surface area (Å²) < 4.78 is 0. The van der Waals surface area contributed by atoms with Gasteiger partial charge in [-0.25, -0.2) is 9.97 Å². The first kappa shape index (κ1) is 14.7. The summed E-state index contributed by atoms with van der Waals surface area (Å²) in [5.74, 6) is 0.839. The van der Waals surface area contributed by atoms with Gasteiger partial charge in [0.05, 0.1) is 10.8 Å². The molecule has 110 valence electrons. The first-order valence-electron chi connectivity index (χ1n) is 7.14. The van der Waals surface area contributed by atoms with Crippen molar-refractivity contribution in [1.29, 1.82) is 0 Å². The normalized spacial score (nSPS) is 12.3. The summed E-state index contributed by atoms with van der Waals surface area (Å²) in [7, 11) is 0. The highest BCUT2D eigenvalue weighted by Gasteiger charge is 2.18. The maximum Gasteiger partial charge on any atom is 0.175 e. The number of carbonyl (C=O) groups excluding carboxylic acids is 1. The largest absolute Gasteiger partial charge is 0.293 e. The van der Waals surface area contributed by atoms with Crippen molar-refractivity contribution in [1.82, 2.24) is 9.97 Å². The Morgan fingerprint density at radius 2 is 1.68 bits per heavy atom. The average Bonchev–Trinajstić information content (AvgIpc) is 2.54. The molecule has 1 atom stereocenters. The number of aromatic nitrogens is 2. The molecule has 0 amide bonds. The van der Waals surface area contributed by atoms with E-state index in [1.807, 2.05) is 68.4 Å². The molecule has 0 saturated carbocycles. The molecule has 0 N–H and O–H groups in total. The van der Waals surface area contributed by atoms with E-state index in [9.17, 15) is 4.79 Å². The molecule has 0 unspecified atom stereocenters. The molecule has 0 fully saturated rings. The van der Waals surface area contributed by atoms with Crippen LogP contribution in [0.25, 0.3) is 10.9 Å². The van der Waals surface area contributed by atoms with Gasteiger partial charge in [-0.15, -0.1) is 0 Å². The first-order chi connectivity index (χ1) is 10.6. The summed E-state index contributed by atoms with van der Waals surface area (Å²) >= 11 is 1.49. The second kappa shape index (κ2) is 6.28. The molecule has 3 nitrogen and oxygen atoms in total. The van der Waals surface area contributed by atoms with Crippen molar-refractivity contribution in [3.05, 3.63) is 66.0 Å². The molecule has 0 aliphatic carbocycles. The van der Waals surface area contributed by atoms with E-state index in [2.05, 4.69) is 9.97 Å². The Morgan fingerprint density at radius 3 is 2.45 bits per heavy atom. The molecule has 3 aromatic rings. The fraction of sp³-hybridized carbons (Fsp3) is 0.167. The molecule has 2 aromatic carbocycles. The quantitative estimate of drug-likeness (QED) is 0.409. The number of nitrogens with zero attached hydrogens (tertiary/aromatic N) is 2. The topological polar surface area (TPSA) is 42.9 Å². The van der Waals surface area contributed by atoms with Crippen molar-refractivity contribution in [2.24, 2.45) is 0 Å². The maximum atomic E-state index is 12.5. The first-order valence-corrected chi connectivity index (χ1v) is 8.02. The number of Topliss-reactive ketones (excluding diaryl/α,β-unsaturated/α-hetero) is 1. The molecule has 22 heavy (non-hydrogen) atoms. The van der Waals surface area contributed by atoms with Crippen LogP contribution < -0.4 is 0 Å². The molecule has 0 radical (unpaired) electrons. The van der Waals surface area contributed by atoms with E-state index in [0.717, 1.165) is 27.3 Å². The van der Waals surface area contributed by atoms with Crippen molar-refractivity contribution < 1.29 is 4.79 Å². The third-order valence-corrected chi connectivity index (χ3v) is 4.50. The van der Waals surface area contributed by atoms with E-state index < -0.39 is 0 Å². The van der Waals surface area contributed by atoms with Crippen LogP contribution in [0.5, 0.6) is 0 Å². The Balaban J connectivity index is 1.91. The van der Waals surface area contributed by atoms with Gasteiger partial charge >= 0.3 is 0 Å². The fourth-order valence-electron chi connectivity index (χ4n) is 2.31. The Morgan fingerprint density at radius 1 is 1.00 bits per heavy atom. The standard InChI is InChI=1S/C18H16N2OS/c1-12(17(21)14-8-4-3-5-9-14)22-18-15-10-6-7-11-16(15)19-13(2)20-18/h3-12H,1-2H3/t12-/m1/s1. The summed E-state index contributed by atoms with van der Waals surface area (Å²) in [5, 5.41) is 1.66. The van der Waals surface area contributed by atoms with Crippen LogP contribution in [0.4, 0.5) is 0 Å². The summed E-state index contributed by atoms with van der Waals surface area (Å²) in [6.07, 6.45) is 0. The summed E-state index contributed by atoms with van der Waals surface area (Å²) in [5.41, 5.74) is 1.65. The van der Waals surface area contributed by atoms with Crippen molar-refractivity contribution in [3.63, 3.8) is 0 Å². The van der Waals surface area contributed by atoms with Crippen molar-refractivity contribution >= 4 is 28.4 Å². The lowest BCUT2D eigenvalue weighted by molar-refractivity contribution is 0.0994. The predicted octanol–water partition coefficient (Wildman–Crippen LogP) is 4.30. The summed E-state index contributed by atoms with van der Waals surface area (Å²) in [4.78, 5) is 21.5. The number of ketones is 1. The van der Waals surface area contributed by atoms with E-state index in [4.69, 9.17) is 0 Å². The van der Waals surface area contributed by atoms with E-state index in [1.165, 1.54) is 11.8 Å². The lowest BCUT2D eigenvalue weighted by Gasteiger charge is -2.12. The summed E-state index contributed by atoms with van der Waals surface area (Å²) in [6.45, 7) is 3.80. The van der Waals surface area contributed by atoms with Crippen LogP contribution in [0.15, 0.2) is 59.6 Å². The number of carbonyl (C=O) groups is 1. The molecule has 0 aliphatic heterocycles. The van der Waals surface area contributed by atoms with E-state index >= 15 is 0 Å². The second-order valence-corrected chi connectivity index (χ2v) is 6.41. The molecule has 1 aromatic heterocycles. The number of aryl methyl sites for hydroxylation is 1. The van der Waals surface area contributed by atoms with Gasteiger partial charge in [0.15, 0.2) is 5.78 Å². The number of hydrogen-bond donors (Lipinski definition) is 0. The zero-order valence-electron chi connectivity index (χ0n) is 12.5. The molecule has 0 saturated heterocycles. The second-order valence-electron chi connectivity index (χ2n) is 5.08. The molecule has 3 rings (SSSR count). The van der Waals surface area contributed by atoms with Crippen LogP contribution >= 0.6 is 11.8 Å². The maximum absolute atomic E-state index is 12.5. The minimum Gasteiger partial charge on any atom is -0.293 e.